The summed E-state index contributed by atoms with van der Waals surface area (Å²) in [5, 5.41) is 26.7. The van der Waals surface area contributed by atoms with Gasteiger partial charge in [0.25, 0.3) is 5.69 Å². The molecule has 18 heavy (non-hydrogen) atoms. The van der Waals surface area contributed by atoms with E-state index >= 15 is 0 Å². The molecule has 0 atom stereocenters. The topological polar surface area (TPSA) is 94.1 Å². The molecule has 0 unspecified atom stereocenters. The summed E-state index contributed by atoms with van der Waals surface area (Å²) in [6.07, 6.45) is 1.48. The number of hydrogen-bond donors (Lipinski definition) is 1. The van der Waals surface area contributed by atoms with Crippen LogP contribution in [0.2, 0.25) is 0 Å². The fourth-order valence-corrected chi connectivity index (χ4v) is 1.51. The Labute approximate surface area is 101 Å². The average molecular weight is 252 g/mol. The van der Waals surface area contributed by atoms with Gasteiger partial charge in [-0.2, -0.15) is 0 Å². The van der Waals surface area contributed by atoms with E-state index in [2.05, 4.69) is 10.3 Å². The van der Waals surface area contributed by atoms with Gasteiger partial charge >= 0.3 is 0 Å². The van der Waals surface area contributed by atoms with Crippen molar-refractivity contribution >= 4 is 5.69 Å². The van der Waals surface area contributed by atoms with Crippen LogP contribution in [-0.2, 0) is 13.2 Å². The smallest absolute Gasteiger partial charge is 0.272 e. The van der Waals surface area contributed by atoms with E-state index in [4.69, 9.17) is 5.11 Å². The highest BCUT2D eigenvalue weighted by Gasteiger charge is 2.10. The summed E-state index contributed by atoms with van der Waals surface area (Å²) in [6.45, 7) is -0.102. The molecule has 94 valence electrons. The van der Waals surface area contributed by atoms with Crippen molar-refractivity contribution in [3.05, 3.63) is 51.6 Å². The second kappa shape index (κ2) is 4.88. The highest BCUT2D eigenvalue weighted by atomic mass is 19.1. The van der Waals surface area contributed by atoms with Crippen molar-refractivity contribution in [2.75, 3.05) is 0 Å². The normalized spacial score (nSPS) is 10.6. The van der Waals surface area contributed by atoms with E-state index in [0.717, 1.165) is 6.07 Å². The number of nitro groups is 1. The van der Waals surface area contributed by atoms with Gasteiger partial charge in [0.2, 0.25) is 0 Å². The molecule has 2 aromatic rings. The Morgan fingerprint density at radius 1 is 1.44 bits per heavy atom. The minimum Gasteiger partial charge on any atom is -0.390 e. The number of benzene rings is 1. The van der Waals surface area contributed by atoms with Gasteiger partial charge in [0, 0.05) is 6.07 Å². The average Bonchev–Trinajstić information content (AvgIpc) is 2.76. The van der Waals surface area contributed by atoms with Crippen molar-refractivity contribution in [1.29, 1.82) is 0 Å². The van der Waals surface area contributed by atoms with Crippen LogP contribution in [0.25, 0.3) is 0 Å². The maximum absolute atomic E-state index is 13.2. The monoisotopic (exact) mass is 252 g/mol. The first-order chi connectivity index (χ1) is 8.58. The zero-order valence-electron chi connectivity index (χ0n) is 9.15. The lowest BCUT2D eigenvalue weighted by molar-refractivity contribution is -0.385. The van der Waals surface area contributed by atoms with Crippen molar-refractivity contribution in [1.82, 2.24) is 15.0 Å². The second-order valence-electron chi connectivity index (χ2n) is 3.64. The number of halogens is 1. The first-order valence-corrected chi connectivity index (χ1v) is 5.02. The molecule has 1 N–H and O–H groups in total. The quantitative estimate of drug-likeness (QED) is 0.643. The third-order valence-corrected chi connectivity index (χ3v) is 2.25. The lowest BCUT2D eigenvalue weighted by atomic mass is 10.2. The van der Waals surface area contributed by atoms with Gasteiger partial charge in [0.15, 0.2) is 0 Å². The van der Waals surface area contributed by atoms with Crippen molar-refractivity contribution in [3.63, 3.8) is 0 Å². The van der Waals surface area contributed by atoms with Gasteiger partial charge in [-0.25, -0.2) is 9.07 Å². The molecule has 0 aliphatic carbocycles. The van der Waals surface area contributed by atoms with Crippen LogP contribution in [0, 0.1) is 15.9 Å². The molecule has 0 amide bonds. The Balaban J connectivity index is 2.25. The van der Waals surface area contributed by atoms with Crippen molar-refractivity contribution in [2.24, 2.45) is 0 Å². The Kier molecular flexibility index (Phi) is 3.28. The number of aromatic nitrogens is 3. The second-order valence-corrected chi connectivity index (χ2v) is 3.64. The fraction of sp³-hybridized carbons (Fsp3) is 0.200. The number of nitro benzene ring substituents is 1. The first kappa shape index (κ1) is 12.1. The SMILES string of the molecule is O=[N+]([O-])c1cc(F)cc(Cn2cc(CO)nn2)c1. The summed E-state index contributed by atoms with van der Waals surface area (Å²) >= 11 is 0. The molecule has 0 saturated carbocycles. The van der Waals surface area contributed by atoms with E-state index in [0.29, 0.717) is 11.3 Å². The highest BCUT2D eigenvalue weighted by Crippen LogP contribution is 2.16. The molecular weight excluding hydrogens is 243 g/mol. The number of aliphatic hydroxyl groups is 1. The minimum atomic E-state index is -0.679. The summed E-state index contributed by atoms with van der Waals surface area (Å²) in [5.41, 5.74) is 0.462. The standard InChI is InChI=1S/C10H9FN4O3/c11-8-1-7(2-10(3-8)15(17)18)4-14-5-9(6-16)12-13-14/h1-3,5,16H,4,6H2. The summed E-state index contributed by atoms with van der Waals surface area (Å²) in [5.74, 6) is -0.679. The van der Waals surface area contributed by atoms with E-state index in [-0.39, 0.29) is 18.8 Å². The van der Waals surface area contributed by atoms with Crippen LogP contribution < -0.4 is 0 Å². The van der Waals surface area contributed by atoms with E-state index in [1.165, 1.54) is 23.0 Å². The zero-order valence-corrected chi connectivity index (χ0v) is 9.15. The minimum absolute atomic E-state index is 0.144. The van der Waals surface area contributed by atoms with E-state index in [9.17, 15) is 14.5 Å². The van der Waals surface area contributed by atoms with E-state index in [1.54, 1.807) is 0 Å². The molecule has 0 saturated heterocycles. The van der Waals surface area contributed by atoms with Crippen molar-refractivity contribution in [3.8, 4) is 0 Å². The predicted molar refractivity (Wildman–Crippen MR) is 58.1 cm³/mol. The number of rotatable bonds is 4. The fourth-order valence-electron chi connectivity index (χ4n) is 1.51. The van der Waals surface area contributed by atoms with Gasteiger partial charge in [-0.15, -0.1) is 5.10 Å². The Morgan fingerprint density at radius 2 is 2.22 bits per heavy atom. The van der Waals surface area contributed by atoms with Crippen LogP contribution in [-0.4, -0.2) is 25.0 Å². The third kappa shape index (κ3) is 2.66. The molecule has 7 nitrogen and oxygen atoms in total. The van der Waals surface area contributed by atoms with E-state index in [1.807, 2.05) is 0 Å². The molecule has 0 aliphatic rings. The number of hydrogen-bond acceptors (Lipinski definition) is 5. The third-order valence-electron chi connectivity index (χ3n) is 2.25. The summed E-state index contributed by atoms with van der Waals surface area (Å²) in [7, 11) is 0. The molecule has 0 bridgehead atoms. The van der Waals surface area contributed by atoms with Crippen LogP contribution in [0.15, 0.2) is 24.4 Å². The summed E-state index contributed by atoms with van der Waals surface area (Å²) in [6, 6.07) is 3.31. The Morgan fingerprint density at radius 3 is 2.83 bits per heavy atom. The molecular formula is C10H9FN4O3. The number of non-ortho nitro benzene ring substituents is 1. The Hall–Kier alpha value is -2.35. The number of aliphatic hydroxyl groups excluding tert-OH is 1. The van der Waals surface area contributed by atoms with Crippen LogP contribution in [0.5, 0.6) is 0 Å². The summed E-state index contributed by atoms with van der Waals surface area (Å²) in [4.78, 5) is 9.92. The predicted octanol–water partition coefficient (Wildman–Crippen LogP) is 0.866. The van der Waals surface area contributed by atoms with Crippen LogP contribution in [0.3, 0.4) is 0 Å². The van der Waals surface area contributed by atoms with Crippen molar-refractivity contribution in [2.45, 2.75) is 13.2 Å². The molecule has 0 fully saturated rings. The molecule has 2 rings (SSSR count). The van der Waals surface area contributed by atoms with Gasteiger partial charge in [-0.05, 0) is 11.6 Å². The van der Waals surface area contributed by atoms with Gasteiger partial charge in [-0.1, -0.05) is 5.21 Å². The van der Waals surface area contributed by atoms with Gasteiger partial charge in [0.05, 0.1) is 30.3 Å². The first-order valence-electron chi connectivity index (χ1n) is 5.02. The van der Waals surface area contributed by atoms with Crippen LogP contribution >= 0.6 is 0 Å². The van der Waals surface area contributed by atoms with Crippen molar-refractivity contribution < 1.29 is 14.4 Å². The summed E-state index contributed by atoms with van der Waals surface area (Å²) < 4.78 is 14.5. The maximum Gasteiger partial charge on any atom is 0.272 e. The van der Waals surface area contributed by atoms with Crippen LogP contribution in [0.1, 0.15) is 11.3 Å². The molecule has 0 spiro atoms. The highest BCUT2D eigenvalue weighted by molar-refractivity contribution is 5.35. The maximum atomic E-state index is 13.2. The lowest BCUT2D eigenvalue weighted by Gasteiger charge is -2.01. The molecule has 1 aromatic carbocycles. The van der Waals surface area contributed by atoms with Gasteiger partial charge in [-0.3, -0.25) is 10.1 Å². The number of nitrogens with zero attached hydrogens (tertiary/aromatic N) is 4. The van der Waals surface area contributed by atoms with Crippen LogP contribution in [0.4, 0.5) is 10.1 Å². The van der Waals surface area contributed by atoms with Gasteiger partial charge in [0.1, 0.15) is 11.5 Å². The molecule has 1 aromatic heterocycles. The molecule has 0 radical (unpaired) electrons. The largest absolute Gasteiger partial charge is 0.390 e. The molecule has 8 heteroatoms. The van der Waals surface area contributed by atoms with E-state index < -0.39 is 10.7 Å². The lowest BCUT2D eigenvalue weighted by Crippen LogP contribution is -2.02. The Bertz CT molecular complexity index is 584. The molecule has 1 heterocycles. The zero-order chi connectivity index (χ0) is 13.1. The molecule has 0 aliphatic heterocycles. The van der Waals surface area contributed by atoms with Gasteiger partial charge < -0.3 is 5.11 Å².